The van der Waals surface area contributed by atoms with Crippen molar-refractivity contribution >= 4 is 17.5 Å². The van der Waals surface area contributed by atoms with Crippen LogP contribution >= 0.6 is 0 Å². The van der Waals surface area contributed by atoms with Crippen LogP contribution in [-0.2, 0) is 19.1 Å². The highest BCUT2D eigenvalue weighted by Crippen LogP contribution is 2.21. The number of aliphatic hydroxyl groups is 3. The minimum Gasteiger partial charge on any atom is -0.394 e. The van der Waals surface area contributed by atoms with Crippen molar-refractivity contribution in [2.24, 2.45) is 0 Å². The van der Waals surface area contributed by atoms with Crippen molar-refractivity contribution in [2.45, 2.75) is 43.5 Å². The normalized spacial score (nSPS) is 28.4. The Morgan fingerprint density at radius 2 is 1.77 bits per heavy atom. The molecule has 0 spiro atoms. The SMILES string of the molecule is CO[C@H]1O[C@H](CO)[C@@H](O)[C@H](O)[C@H]1NC(=O)CCC(=O)Nc1ccccc1. The van der Waals surface area contributed by atoms with Gasteiger partial charge < -0.3 is 35.4 Å². The number of carbonyl (C=O) groups is 2. The first kappa shape index (κ1) is 20.3. The lowest BCUT2D eigenvalue weighted by Gasteiger charge is -2.41. The third-order valence-corrected chi connectivity index (χ3v) is 4.08. The Kier molecular flexibility index (Phi) is 7.49. The van der Waals surface area contributed by atoms with E-state index in [2.05, 4.69) is 10.6 Å². The number of hydrogen-bond donors (Lipinski definition) is 5. The van der Waals surface area contributed by atoms with Gasteiger partial charge >= 0.3 is 0 Å². The molecule has 2 amide bonds. The predicted octanol–water partition coefficient (Wildman–Crippen LogP) is -1.02. The van der Waals surface area contributed by atoms with Crippen LogP contribution in [-0.4, -0.2) is 71.5 Å². The van der Waals surface area contributed by atoms with Crippen LogP contribution in [0.25, 0.3) is 0 Å². The molecule has 144 valence electrons. The highest BCUT2D eigenvalue weighted by molar-refractivity contribution is 5.93. The van der Waals surface area contributed by atoms with Crippen molar-refractivity contribution in [3.05, 3.63) is 30.3 Å². The van der Waals surface area contributed by atoms with Gasteiger partial charge in [0.05, 0.1) is 6.61 Å². The fourth-order valence-corrected chi connectivity index (χ4v) is 2.67. The van der Waals surface area contributed by atoms with Crippen molar-refractivity contribution in [1.82, 2.24) is 5.32 Å². The highest BCUT2D eigenvalue weighted by atomic mass is 16.7. The highest BCUT2D eigenvalue weighted by Gasteiger charge is 2.45. The summed E-state index contributed by atoms with van der Waals surface area (Å²) in [4.78, 5) is 24.0. The van der Waals surface area contributed by atoms with Gasteiger partial charge in [0.15, 0.2) is 6.29 Å². The number of amides is 2. The molecule has 0 saturated carbocycles. The molecule has 26 heavy (non-hydrogen) atoms. The summed E-state index contributed by atoms with van der Waals surface area (Å²) < 4.78 is 10.4. The van der Waals surface area contributed by atoms with Crippen LogP contribution < -0.4 is 10.6 Å². The Balaban J connectivity index is 1.84. The van der Waals surface area contributed by atoms with Crippen molar-refractivity contribution < 1.29 is 34.4 Å². The Bertz CT molecular complexity index is 596. The molecule has 5 N–H and O–H groups in total. The molecule has 0 radical (unpaired) electrons. The number of aliphatic hydroxyl groups excluding tert-OH is 3. The molecule has 0 aliphatic carbocycles. The number of methoxy groups -OCH3 is 1. The van der Waals surface area contributed by atoms with Crippen molar-refractivity contribution in [3.8, 4) is 0 Å². The number of benzene rings is 1. The number of nitrogens with one attached hydrogen (secondary N) is 2. The molecule has 1 aromatic carbocycles. The fourth-order valence-electron chi connectivity index (χ4n) is 2.67. The minimum absolute atomic E-state index is 0.0517. The van der Waals surface area contributed by atoms with Gasteiger partial charge in [-0.25, -0.2) is 0 Å². The summed E-state index contributed by atoms with van der Waals surface area (Å²) in [5.74, 6) is -0.826. The Morgan fingerprint density at radius 3 is 2.38 bits per heavy atom. The number of hydrogen-bond acceptors (Lipinski definition) is 7. The standard InChI is InChI=1S/C17H24N2O7/c1-25-17-14(16(24)15(23)11(9-20)26-17)19-13(22)8-7-12(21)18-10-5-3-2-4-6-10/h2-6,11,14-17,20,23-24H,7-9H2,1H3,(H,18,21)(H,19,22)/t11-,14-,15-,16-,17+/m1/s1. The van der Waals surface area contributed by atoms with Crippen LogP contribution in [0.3, 0.4) is 0 Å². The predicted molar refractivity (Wildman–Crippen MR) is 91.0 cm³/mol. The fraction of sp³-hybridized carbons (Fsp3) is 0.529. The van der Waals surface area contributed by atoms with Crippen LogP contribution in [0.1, 0.15) is 12.8 Å². The van der Waals surface area contributed by atoms with Crippen molar-refractivity contribution in [2.75, 3.05) is 19.0 Å². The molecule has 9 heteroatoms. The second-order valence-electron chi connectivity index (χ2n) is 5.95. The van der Waals surface area contributed by atoms with E-state index in [0.717, 1.165) is 0 Å². The van der Waals surface area contributed by atoms with Crippen LogP contribution in [0, 0.1) is 0 Å². The monoisotopic (exact) mass is 368 g/mol. The summed E-state index contributed by atoms with van der Waals surface area (Å²) in [6.45, 7) is -0.502. The van der Waals surface area contributed by atoms with E-state index in [1.807, 2.05) is 6.07 Å². The van der Waals surface area contributed by atoms with Crippen LogP contribution in [0.4, 0.5) is 5.69 Å². The zero-order valence-corrected chi connectivity index (χ0v) is 14.4. The first-order valence-corrected chi connectivity index (χ1v) is 8.25. The van der Waals surface area contributed by atoms with E-state index < -0.39 is 43.2 Å². The maximum atomic E-state index is 12.1. The molecule has 1 fully saturated rings. The third-order valence-electron chi connectivity index (χ3n) is 4.08. The second kappa shape index (κ2) is 9.60. The number of carbonyl (C=O) groups excluding carboxylic acids is 2. The number of para-hydroxylation sites is 1. The van der Waals surface area contributed by atoms with E-state index in [-0.39, 0.29) is 18.7 Å². The quantitative estimate of drug-likeness (QED) is 0.415. The zero-order chi connectivity index (χ0) is 19.1. The second-order valence-corrected chi connectivity index (χ2v) is 5.95. The number of ether oxygens (including phenoxy) is 2. The molecule has 0 unspecified atom stereocenters. The average molecular weight is 368 g/mol. The first-order chi connectivity index (χ1) is 12.5. The lowest BCUT2D eigenvalue weighted by Crippen LogP contribution is -2.64. The van der Waals surface area contributed by atoms with Gasteiger partial charge in [0, 0.05) is 25.6 Å². The first-order valence-electron chi connectivity index (χ1n) is 8.25. The molecule has 2 rings (SSSR count). The summed E-state index contributed by atoms with van der Waals surface area (Å²) in [7, 11) is 1.32. The molecule has 1 aliphatic heterocycles. The molecular formula is C17H24N2O7. The van der Waals surface area contributed by atoms with Gasteiger partial charge in [-0.1, -0.05) is 18.2 Å². The van der Waals surface area contributed by atoms with Gasteiger partial charge in [-0.05, 0) is 12.1 Å². The van der Waals surface area contributed by atoms with Gasteiger partial charge in [0.1, 0.15) is 24.4 Å². The molecule has 1 aromatic rings. The van der Waals surface area contributed by atoms with Gasteiger partial charge in [0.2, 0.25) is 11.8 Å². The minimum atomic E-state index is -1.38. The largest absolute Gasteiger partial charge is 0.394 e. The number of anilines is 1. The topological polar surface area (TPSA) is 137 Å². The van der Waals surface area contributed by atoms with E-state index in [1.54, 1.807) is 24.3 Å². The summed E-state index contributed by atoms with van der Waals surface area (Å²) >= 11 is 0. The molecule has 0 bridgehead atoms. The average Bonchev–Trinajstić information content (AvgIpc) is 2.65. The lowest BCUT2D eigenvalue weighted by molar-refractivity contribution is -0.262. The van der Waals surface area contributed by atoms with E-state index >= 15 is 0 Å². The Morgan fingerprint density at radius 1 is 1.12 bits per heavy atom. The summed E-state index contributed by atoms with van der Waals surface area (Å²) in [5.41, 5.74) is 0.631. The van der Waals surface area contributed by atoms with Gasteiger partial charge in [-0.3, -0.25) is 9.59 Å². The summed E-state index contributed by atoms with van der Waals surface area (Å²) in [6.07, 6.45) is -4.97. The third kappa shape index (κ3) is 5.23. The molecule has 1 heterocycles. The molecule has 1 saturated heterocycles. The summed E-state index contributed by atoms with van der Waals surface area (Å²) in [6, 6.07) is 7.82. The molecular weight excluding hydrogens is 344 g/mol. The van der Waals surface area contributed by atoms with Crippen molar-refractivity contribution in [3.63, 3.8) is 0 Å². The van der Waals surface area contributed by atoms with E-state index in [4.69, 9.17) is 14.6 Å². The Labute approximate surface area is 150 Å². The molecule has 9 nitrogen and oxygen atoms in total. The zero-order valence-electron chi connectivity index (χ0n) is 14.4. The molecule has 1 aliphatic rings. The van der Waals surface area contributed by atoms with Gasteiger partial charge in [-0.15, -0.1) is 0 Å². The van der Waals surface area contributed by atoms with E-state index in [1.165, 1.54) is 7.11 Å². The Hall–Kier alpha value is -2.04. The maximum absolute atomic E-state index is 12.1. The van der Waals surface area contributed by atoms with Crippen LogP contribution in [0.5, 0.6) is 0 Å². The van der Waals surface area contributed by atoms with Gasteiger partial charge in [-0.2, -0.15) is 0 Å². The van der Waals surface area contributed by atoms with Gasteiger partial charge in [0.25, 0.3) is 0 Å². The van der Waals surface area contributed by atoms with Crippen molar-refractivity contribution in [1.29, 1.82) is 0 Å². The number of rotatable bonds is 7. The smallest absolute Gasteiger partial charge is 0.224 e. The molecule has 5 atom stereocenters. The van der Waals surface area contributed by atoms with Crippen LogP contribution in [0.15, 0.2) is 30.3 Å². The maximum Gasteiger partial charge on any atom is 0.224 e. The lowest BCUT2D eigenvalue weighted by atomic mass is 9.97. The van der Waals surface area contributed by atoms with E-state index in [0.29, 0.717) is 5.69 Å². The molecule has 0 aromatic heterocycles. The van der Waals surface area contributed by atoms with Crippen LogP contribution in [0.2, 0.25) is 0 Å². The van der Waals surface area contributed by atoms with E-state index in [9.17, 15) is 19.8 Å². The summed E-state index contributed by atoms with van der Waals surface area (Å²) in [5, 5.41) is 34.4.